The van der Waals surface area contributed by atoms with Crippen LogP contribution in [0.25, 0.3) is 10.9 Å². The number of aromatic nitrogens is 1. The first kappa shape index (κ1) is 16.3. The van der Waals surface area contributed by atoms with E-state index in [1.807, 2.05) is 43.3 Å². The van der Waals surface area contributed by atoms with Crippen molar-refractivity contribution in [2.45, 2.75) is 19.9 Å². The number of nitroso groups, excluding NO2 is 1. The standard InChI is InChI=1S/C18H17ClN2O3/c1-12-6-4-8-14-16(12)17(20-23)18(22)21(14)10-5-11-24-15-9-3-2-7-13(15)19/h2-4,6-9,22H,5,10-11H2,1H3. The highest BCUT2D eigenvalue weighted by Gasteiger charge is 2.18. The van der Waals surface area contributed by atoms with Gasteiger partial charge in [-0.3, -0.25) is 0 Å². The van der Waals surface area contributed by atoms with E-state index in [1.54, 1.807) is 10.6 Å². The van der Waals surface area contributed by atoms with Gasteiger partial charge in [-0.25, -0.2) is 0 Å². The Morgan fingerprint density at radius 2 is 2.00 bits per heavy atom. The van der Waals surface area contributed by atoms with Gasteiger partial charge < -0.3 is 14.4 Å². The van der Waals surface area contributed by atoms with Crippen molar-refractivity contribution in [1.29, 1.82) is 0 Å². The minimum absolute atomic E-state index is 0.0927. The van der Waals surface area contributed by atoms with Gasteiger partial charge in [-0.1, -0.05) is 35.9 Å². The van der Waals surface area contributed by atoms with Crippen LogP contribution >= 0.6 is 11.6 Å². The molecule has 3 rings (SSSR count). The van der Waals surface area contributed by atoms with Crippen LogP contribution in [0.15, 0.2) is 47.6 Å². The number of hydrogen-bond acceptors (Lipinski definition) is 4. The molecular weight excluding hydrogens is 328 g/mol. The van der Waals surface area contributed by atoms with Crippen molar-refractivity contribution in [2.24, 2.45) is 5.18 Å². The Morgan fingerprint density at radius 1 is 1.21 bits per heavy atom. The molecule has 1 N–H and O–H groups in total. The lowest BCUT2D eigenvalue weighted by Crippen LogP contribution is -2.04. The molecule has 0 fully saturated rings. The number of halogens is 1. The van der Waals surface area contributed by atoms with Crippen LogP contribution in [0, 0.1) is 11.8 Å². The second-order valence-corrected chi connectivity index (χ2v) is 5.92. The summed E-state index contributed by atoms with van der Waals surface area (Å²) in [7, 11) is 0. The van der Waals surface area contributed by atoms with Crippen LogP contribution < -0.4 is 4.74 Å². The zero-order valence-electron chi connectivity index (χ0n) is 13.2. The van der Waals surface area contributed by atoms with E-state index in [-0.39, 0.29) is 11.6 Å². The van der Waals surface area contributed by atoms with Crippen molar-refractivity contribution >= 4 is 28.2 Å². The molecule has 0 aliphatic rings. The SMILES string of the molecule is Cc1cccc2c1c(N=O)c(O)n2CCCOc1ccccc1Cl. The third-order valence-electron chi connectivity index (χ3n) is 3.96. The van der Waals surface area contributed by atoms with Crippen LogP contribution in [-0.2, 0) is 6.54 Å². The summed E-state index contributed by atoms with van der Waals surface area (Å²) in [6.45, 7) is 2.84. The number of ether oxygens (including phenoxy) is 1. The van der Waals surface area contributed by atoms with Crippen molar-refractivity contribution in [3.63, 3.8) is 0 Å². The second kappa shape index (κ2) is 6.93. The first-order valence-corrected chi connectivity index (χ1v) is 8.02. The van der Waals surface area contributed by atoms with E-state index in [1.165, 1.54) is 0 Å². The van der Waals surface area contributed by atoms with Gasteiger partial charge >= 0.3 is 0 Å². The summed E-state index contributed by atoms with van der Waals surface area (Å²) >= 11 is 6.05. The number of hydrogen-bond donors (Lipinski definition) is 1. The molecule has 124 valence electrons. The van der Waals surface area contributed by atoms with Crippen LogP contribution in [0.1, 0.15) is 12.0 Å². The Hall–Kier alpha value is -2.53. The zero-order chi connectivity index (χ0) is 17.1. The molecule has 0 amide bonds. The summed E-state index contributed by atoms with van der Waals surface area (Å²) in [4.78, 5) is 11.1. The molecule has 0 atom stereocenters. The van der Waals surface area contributed by atoms with E-state index in [0.717, 1.165) is 11.1 Å². The van der Waals surface area contributed by atoms with Gasteiger partial charge in [-0.15, -0.1) is 4.91 Å². The number of rotatable bonds is 6. The number of benzene rings is 2. The highest BCUT2D eigenvalue weighted by molar-refractivity contribution is 6.32. The van der Waals surface area contributed by atoms with Gasteiger partial charge in [0.1, 0.15) is 5.75 Å². The highest BCUT2D eigenvalue weighted by atomic mass is 35.5. The van der Waals surface area contributed by atoms with E-state index in [0.29, 0.717) is 35.7 Å². The number of fused-ring (bicyclic) bond motifs is 1. The van der Waals surface area contributed by atoms with E-state index < -0.39 is 0 Å². The lowest BCUT2D eigenvalue weighted by Gasteiger charge is -2.10. The zero-order valence-corrected chi connectivity index (χ0v) is 14.0. The van der Waals surface area contributed by atoms with Gasteiger partial charge in [0, 0.05) is 11.9 Å². The maximum Gasteiger partial charge on any atom is 0.222 e. The number of nitrogens with zero attached hydrogens (tertiary/aromatic N) is 2. The molecular formula is C18H17ClN2O3. The van der Waals surface area contributed by atoms with Crippen molar-refractivity contribution in [2.75, 3.05) is 6.61 Å². The molecule has 3 aromatic rings. The van der Waals surface area contributed by atoms with Gasteiger partial charge in [0.2, 0.25) is 5.88 Å². The van der Waals surface area contributed by atoms with Gasteiger partial charge in [0.25, 0.3) is 0 Å². The van der Waals surface area contributed by atoms with E-state index >= 15 is 0 Å². The summed E-state index contributed by atoms with van der Waals surface area (Å²) in [6.07, 6.45) is 0.648. The van der Waals surface area contributed by atoms with Crippen LogP contribution in [0.2, 0.25) is 5.02 Å². The number of aromatic hydroxyl groups is 1. The minimum atomic E-state index is -0.105. The van der Waals surface area contributed by atoms with Crippen molar-refractivity contribution in [3.05, 3.63) is 58.0 Å². The molecule has 0 radical (unpaired) electrons. The maximum absolute atomic E-state index is 11.1. The lowest BCUT2D eigenvalue weighted by molar-refractivity contribution is 0.298. The molecule has 0 unspecified atom stereocenters. The van der Waals surface area contributed by atoms with Crippen LogP contribution in [0.3, 0.4) is 0 Å². The molecule has 5 nitrogen and oxygen atoms in total. The van der Waals surface area contributed by atoms with Crippen molar-refractivity contribution < 1.29 is 9.84 Å². The molecule has 6 heteroatoms. The fraction of sp³-hybridized carbons (Fsp3) is 0.222. The largest absolute Gasteiger partial charge is 0.493 e. The average molecular weight is 345 g/mol. The predicted octanol–water partition coefficient (Wildman–Crippen LogP) is 5.18. The fourth-order valence-electron chi connectivity index (χ4n) is 2.82. The lowest BCUT2D eigenvalue weighted by atomic mass is 10.1. The number of aryl methyl sites for hydroxylation is 2. The summed E-state index contributed by atoms with van der Waals surface area (Å²) in [5, 5.41) is 14.6. The van der Waals surface area contributed by atoms with E-state index in [2.05, 4.69) is 5.18 Å². The molecule has 0 saturated heterocycles. The molecule has 0 bridgehead atoms. The Morgan fingerprint density at radius 3 is 2.75 bits per heavy atom. The van der Waals surface area contributed by atoms with E-state index in [4.69, 9.17) is 16.3 Å². The summed E-state index contributed by atoms with van der Waals surface area (Å²) in [5.74, 6) is 0.527. The molecule has 0 aliphatic carbocycles. The third kappa shape index (κ3) is 2.95. The second-order valence-electron chi connectivity index (χ2n) is 5.52. The molecule has 2 aromatic carbocycles. The normalized spacial score (nSPS) is 10.9. The summed E-state index contributed by atoms with van der Waals surface area (Å²) in [5.41, 5.74) is 1.79. The monoisotopic (exact) mass is 344 g/mol. The van der Waals surface area contributed by atoms with Crippen LogP contribution in [0.4, 0.5) is 5.69 Å². The average Bonchev–Trinajstić information content (AvgIpc) is 2.86. The topological polar surface area (TPSA) is 63.8 Å². The molecule has 1 aromatic heterocycles. The molecule has 0 aliphatic heterocycles. The van der Waals surface area contributed by atoms with Gasteiger partial charge in [0.05, 0.1) is 17.1 Å². The Kier molecular flexibility index (Phi) is 4.71. The maximum atomic E-state index is 11.1. The first-order valence-electron chi connectivity index (χ1n) is 7.65. The van der Waals surface area contributed by atoms with Gasteiger partial charge in [-0.2, -0.15) is 0 Å². The Balaban J connectivity index is 1.76. The van der Waals surface area contributed by atoms with Crippen LogP contribution in [0.5, 0.6) is 11.6 Å². The number of para-hydroxylation sites is 1. The van der Waals surface area contributed by atoms with Crippen molar-refractivity contribution in [1.82, 2.24) is 4.57 Å². The first-order chi connectivity index (χ1) is 11.6. The summed E-state index contributed by atoms with van der Waals surface area (Å²) < 4.78 is 7.34. The predicted molar refractivity (Wildman–Crippen MR) is 95.4 cm³/mol. The summed E-state index contributed by atoms with van der Waals surface area (Å²) in [6, 6.07) is 12.9. The van der Waals surface area contributed by atoms with Crippen molar-refractivity contribution in [3.8, 4) is 11.6 Å². The minimum Gasteiger partial charge on any atom is -0.493 e. The van der Waals surface area contributed by atoms with Crippen LogP contribution in [-0.4, -0.2) is 16.3 Å². The Bertz CT molecular complexity index is 889. The fourth-order valence-corrected chi connectivity index (χ4v) is 3.01. The molecule has 24 heavy (non-hydrogen) atoms. The smallest absolute Gasteiger partial charge is 0.222 e. The molecule has 0 spiro atoms. The highest BCUT2D eigenvalue weighted by Crippen LogP contribution is 2.40. The Labute approximate surface area is 144 Å². The van der Waals surface area contributed by atoms with Gasteiger partial charge in [-0.05, 0) is 42.3 Å². The third-order valence-corrected chi connectivity index (χ3v) is 4.27. The molecule has 1 heterocycles. The molecule has 0 saturated carbocycles. The van der Waals surface area contributed by atoms with E-state index in [9.17, 15) is 10.0 Å². The van der Waals surface area contributed by atoms with Gasteiger partial charge in [0.15, 0.2) is 5.69 Å². The quantitative estimate of drug-likeness (QED) is 0.495.